The first-order valence-corrected chi connectivity index (χ1v) is 5.65. The molecule has 4 heteroatoms. The number of fused-ring (bicyclic) bond motifs is 3. The molecule has 2 heterocycles. The fourth-order valence-corrected chi connectivity index (χ4v) is 2.45. The van der Waals surface area contributed by atoms with Crippen molar-refractivity contribution < 1.29 is 9.47 Å². The topological polar surface area (TPSA) is 47.2 Å². The number of methoxy groups -OCH3 is 2. The molecule has 2 aromatic rings. The van der Waals surface area contributed by atoms with Crippen LogP contribution in [0.1, 0.15) is 11.3 Å². The van der Waals surface area contributed by atoms with E-state index in [0.717, 1.165) is 23.1 Å². The smallest absolute Gasteiger partial charge is 0.162 e. The van der Waals surface area contributed by atoms with E-state index in [2.05, 4.69) is 10.6 Å². The summed E-state index contributed by atoms with van der Waals surface area (Å²) in [6.45, 7) is 0.795. The van der Waals surface area contributed by atoms with E-state index in [-0.39, 0.29) is 0 Å². The summed E-state index contributed by atoms with van der Waals surface area (Å²) >= 11 is 0. The number of aromatic nitrogens is 1. The van der Waals surface area contributed by atoms with Gasteiger partial charge in [-0.3, -0.25) is 0 Å². The molecule has 1 aromatic heterocycles. The zero-order valence-electron chi connectivity index (χ0n) is 10.2. The van der Waals surface area contributed by atoms with Gasteiger partial charge in [-0.2, -0.15) is 5.26 Å². The van der Waals surface area contributed by atoms with Gasteiger partial charge < -0.3 is 14.0 Å². The standard InChI is InChI=1S/C14H12N2O2/c1-17-13-6-9-10(8-15)11-4-3-5-16(11)12(9)7-14(13)18-2/h3-4,6-7H,5H2,1-2H3. The van der Waals surface area contributed by atoms with Crippen LogP contribution >= 0.6 is 0 Å². The summed E-state index contributed by atoms with van der Waals surface area (Å²) in [7, 11) is 3.21. The molecule has 0 N–H and O–H groups in total. The fraction of sp³-hybridized carbons (Fsp3) is 0.214. The molecule has 0 saturated carbocycles. The van der Waals surface area contributed by atoms with Gasteiger partial charge in [0.05, 0.1) is 31.0 Å². The average molecular weight is 240 g/mol. The van der Waals surface area contributed by atoms with E-state index in [9.17, 15) is 5.26 Å². The van der Waals surface area contributed by atoms with Gasteiger partial charge in [-0.15, -0.1) is 0 Å². The number of hydrogen-bond donors (Lipinski definition) is 0. The molecular weight excluding hydrogens is 228 g/mol. The van der Waals surface area contributed by atoms with E-state index in [1.807, 2.05) is 24.3 Å². The van der Waals surface area contributed by atoms with E-state index in [0.29, 0.717) is 17.1 Å². The third-order valence-electron chi connectivity index (χ3n) is 3.28. The molecule has 0 fully saturated rings. The maximum absolute atomic E-state index is 9.31. The van der Waals surface area contributed by atoms with Crippen LogP contribution in [0, 0.1) is 11.3 Å². The van der Waals surface area contributed by atoms with E-state index >= 15 is 0 Å². The Kier molecular flexibility index (Phi) is 2.27. The number of benzene rings is 1. The predicted molar refractivity (Wildman–Crippen MR) is 68.8 cm³/mol. The van der Waals surface area contributed by atoms with Gasteiger partial charge in [0.1, 0.15) is 6.07 Å². The van der Waals surface area contributed by atoms with Gasteiger partial charge >= 0.3 is 0 Å². The van der Waals surface area contributed by atoms with Crippen molar-refractivity contribution in [3.8, 4) is 17.6 Å². The molecule has 0 bridgehead atoms. The lowest BCUT2D eigenvalue weighted by molar-refractivity contribution is 0.355. The first kappa shape index (κ1) is 10.7. The maximum atomic E-state index is 9.31. The Morgan fingerprint density at radius 1 is 1.22 bits per heavy atom. The number of ether oxygens (including phenoxy) is 2. The zero-order chi connectivity index (χ0) is 12.7. The van der Waals surface area contributed by atoms with Gasteiger partial charge in [0.25, 0.3) is 0 Å². The molecule has 0 amide bonds. The second-order valence-electron chi connectivity index (χ2n) is 4.11. The molecule has 0 radical (unpaired) electrons. The highest BCUT2D eigenvalue weighted by atomic mass is 16.5. The second kappa shape index (κ2) is 3.81. The Bertz CT molecular complexity index is 705. The Balaban J connectivity index is 2.41. The van der Waals surface area contributed by atoms with Gasteiger partial charge in [-0.05, 0) is 12.1 Å². The molecule has 0 atom stereocenters. The predicted octanol–water partition coefficient (Wildman–Crippen LogP) is 2.56. The number of nitrogens with zero attached hydrogens (tertiary/aromatic N) is 2. The van der Waals surface area contributed by atoms with Crippen molar-refractivity contribution in [2.45, 2.75) is 6.54 Å². The molecule has 0 spiro atoms. The average Bonchev–Trinajstić information content (AvgIpc) is 2.96. The first-order chi connectivity index (χ1) is 8.80. The van der Waals surface area contributed by atoms with Crippen LogP contribution in [0.2, 0.25) is 0 Å². The van der Waals surface area contributed by atoms with Gasteiger partial charge in [-0.1, -0.05) is 6.08 Å². The molecule has 1 aromatic carbocycles. The van der Waals surface area contributed by atoms with Crippen molar-refractivity contribution in [2.75, 3.05) is 14.2 Å². The lowest BCUT2D eigenvalue weighted by Gasteiger charge is -2.08. The van der Waals surface area contributed by atoms with Crippen LogP contribution in [0.5, 0.6) is 11.5 Å². The number of allylic oxidation sites excluding steroid dienone is 1. The number of nitriles is 1. The van der Waals surface area contributed by atoms with Crippen LogP contribution in [0.3, 0.4) is 0 Å². The van der Waals surface area contributed by atoms with Crippen molar-refractivity contribution in [1.82, 2.24) is 4.57 Å². The van der Waals surface area contributed by atoms with Crippen LogP contribution < -0.4 is 9.47 Å². The lowest BCUT2D eigenvalue weighted by Crippen LogP contribution is -1.94. The Morgan fingerprint density at radius 2 is 1.94 bits per heavy atom. The van der Waals surface area contributed by atoms with Crippen molar-refractivity contribution in [3.05, 3.63) is 29.5 Å². The highest BCUT2D eigenvalue weighted by molar-refractivity contribution is 5.94. The molecule has 1 aliphatic rings. The Labute approximate surface area is 105 Å². The van der Waals surface area contributed by atoms with Crippen LogP contribution in [0.25, 0.3) is 17.0 Å². The highest BCUT2D eigenvalue weighted by Gasteiger charge is 2.20. The van der Waals surface area contributed by atoms with Crippen molar-refractivity contribution in [1.29, 1.82) is 5.26 Å². The minimum absolute atomic E-state index is 0.648. The van der Waals surface area contributed by atoms with Crippen molar-refractivity contribution in [2.24, 2.45) is 0 Å². The van der Waals surface area contributed by atoms with E-state index in [1.54, 1.807) is 14.2 Å². The highest BCUT2D eigenvalue weighted by Crippen LogP contribution is 2.37. The minimum atomic E-state index is 0.648. The third-order valence-corrected chi connectivity index (χ3v) is 3.28. The van der Waals surface area contributed by atoms with E-state index in [4.69, 9.17) is 9.47 Å². The molecule has 90 valence electrons. The Hall–Kier alpha value is -2.41. The van der Waals surface area contributed by atoms with Crippen molar-refractivity contribution >= 4 is 17.0 Å². The van der Waals surface area contributed by atoms with Crippen LogP contribution in [-0.4, -0.2) is 18.8 Å². The van der Waals surface area contributed by atoms with Gasteiger partial charge in [0.15, 0.2) is 11.5 Å². The third kappa shape index (κ3) is 1.25. The second-order valence-corrected chi connectivity index (χ2v) is 4.11. The summed E-state index contributed by atoms with van der Waals surface area (Å²) in [4.78, 5) is 0. The molecule has 1 aliphatic heterocycles. The van der Waals surface area contributed by atoms with Crippen molar-refractivity contribution in [3.63, 3.8) is 0 Å². The molecule has 0 unspecified atom stereocenters. The minimum Gasteiger partial charge on any atom is -0.493 e. The molecular formula is C14H12N2O2. The van der Waals surface area contributed by atoms with Gasteiger partial charge in [-0.25, -0.2) is 0 Å². The molecule has 3 rings (SSSR count). The van der Waals surface area contributed by atoms with E-state index < -0.39 is 0 Å². The lowest BCUT2D eigenvalue weighted by atomic mass is 10.1. The first-order valence-electron chi connectivity index (χ1n) is 5.65. The molecule has 0 aliphatic carbocycles. The summed E-state index contributed by atoms with van der Waals surface area (Å²) < 4.78 is 12.7. The SMILES string of the molecule is COc1cc2c(C#N)c3n(c2cc1OC)CC=C3. The summed E-state index contributed by atoms with van der Waals surface area (Å²) in [5, 5.41) is 10.2. The summed E-state index contributed by atoms with van der Waals surface area (Å²) in [6.07, 6.45) is 4.03. The van der Waals surface area contributed by atoms with E-state index in [1.165, 1.54) is 0 Å². The zero-order valence-corrected chi connectivity index (χ0v) is 10.2. The quantitative estimate of drug-likeness (QED) is 0.810. The van der Waals surface area contributed by atoms with Crippen LogP contribution in [0.15, 0.2) is 18.2 Å². The number of hydrogen-bond acceptors (Lipinski definition) is 3. The summed E-state index contributed by atoms with van der Waals surface area (Å²) in [5.74, 6) is 1.33. The van der Waals surface area contributed by atoms with Crippen LogP contribution in [-0.2, 0) is 6.54 Å². The normalized spacial score (nSPS) is 12.5. The Morgan fingerprint density at radius 3 is 2.61 bits per heavy atom. The fourth-order valence-electron chi connectivity index (χ4n) is 2.45. The molecule has 4 nitrogen and oxygen atoms in total. The van der Waals surface area contributed by atoms with Gasteiger partial charge in [0, 0.05) is 18.0 Å². The number of rotatable bonds is 2. The largest absolute Gasteiger partial charge is 0.493 e. The summed E-state index contributed by atoms with van der Waals surface area (Å²) in [5.41, 5.74) is 2.66. The molecule has 0 saturated heterocycles. The monoisotopic (exact) mass is 240 g/mol. The van der Waals surface area contributed by atoms with Gasteiger partial charge in [0.2, 0.25) is 0 Å². The molecule has 18 heavy (non-hydrogen) atoms. The maximum Gasteiger partial charge on any atom is 0.162 e. The summed E-state index contributed by atoms with van der Waals surface area (Å²) in [6, 6.07) is 6.06. The van der Waals surface area contributed by atoms with Crippen LogP contribution in [0.4, 0.5) is 0 Å².